The van der Waals surface area contributed by atoms with Crippen molar-refractivity contribution in [1.29, 1.82) is 0 Å². The molecule has 2 heterocycles. The Morgan fingerprint density at radius 3 is 2.35 bits per heavy atom. The van der Waals surface area contributed by atoms with E-state index in [9.17, 15) is 0 Å². The lowest BCUT2D eigenvalue weighted by molar-refractivity contribution is 0.249. The number of piperazine rings is 1. The van der Waals surface area contributed by atoms with Crippen LogP contribution in [0.2, 0.25) is 0 Å². The molecule has 0 bridgehead atoms. The van der Waals surface area contributed by atoms with Crippen LogP contribution in [0.25, 0.3) is 0 Å². The van der Waals surface area contributed by atoms with Crippen molar-refractivity contribution in [2.45, 2.75) is 32.7 Å². The maximum absolute atomic E-state index is 6.47. The molecular weight excluding hydrogens is 384 g/mol. The lowest BCUT2D eigenvalue weighted by atomic mass is 10.1. The van der Waals surface area contributed by atoms with E-state index in [1.807, 2.05) is 0 Å². The van der Waals surface area contributed by atoms with Gasteiger partial charge in [-0.3, -0.25) is 4.90 Å². The molecule has 0 spiro atoms. The second-order valence-corrected chi connectivity index (χ2v) is 8.13. The number of aryl methyl sites for hydroxylation is 1. The molecular formula is C25H32N6. The molecule has 0 saturated carbocycles. The fourth-order valence-corrected chi connectivity index (χ4v) is 3.97. The van der Waals surface area contributed by atoms with E-state index >= 15 is 0 Å². The van der Waals surface area contributed by atoms with E-state index in [0.717, 1.165) is 50.6 Å². The van der Waals surface area contributed by atoms with Crippen LogP contribution in [0.1, 0.15) is 30.9 Å². The molecule has 1 saturated heterocycles. The minimum Gasteiger partial charge on any atom is -0.393 e. The first-order valence-electron chi connectivity index (χ1n) is 11.2. The van der Waals surface area contributed by atoms with Crippen LogP contribution < -0.4 is 16.0 Å². The summed E-state index contributed by atoms with van der Waals surface area (Å²) in [5.74, 6) is 1.48. The molecule has 3 N–H and O–H groups in total. The third kappa shape index (κ3) is 5.52. The summed E-state index contributed by atoms with van der Waals surface area (Å²) in [6.45, 7) is 6.98. The Labute approximate surface area is 185 Å². The zero-order chi connectivity index (χ0) is 21.5. The van der Waals surface area contributed by atoms with E-state index in [1.54, 1.807) is 6.33 Å². The van der Waals surface area contributed by atoms with Gasteiger partial charge < -0.3 is 16.0 Å². The summed E-state index contributed by atoms with van der Waals surface area (Å²) in [6.07, 6.45) is 5.14. The van der Waals surface area contributed by atoms with Gasteiger partial charge in [0.1, 0.15) is 12.0 Å². The first-order valence-corrected chi connectivity index (χ1v) is 11.2. The third-order valence-electron chi connectivity index (χ3n) is 5.82. The lowest BCUT2D eigenvalue weighted by Gasteiger charge is -2.36. The minimum absolute atomic E-state index is 0.606. The highest BCUT2D eigenvalue weighted by Gasteiger charge is 2.21. The highest BCUT2D eigenvalue weighted by atomic mass is 15.3. The molecule has 3 aromatic rings. The maximum atomic E-state index is 6.47. The van der Waals surface area contributed by atoms with Crippen LogP contribution in [0.3, 0.4) is 0 Å². The van der Waals surface area contributed by atoms with E-state index in [4.69, 9.17) is 5.73 Å². The number of hydrogen-bond donors (Lipinski definition) is 2. The standard InChI is InChI=1S/C25H32N6/c1-2-3-7-20-10-12-22(13-11-20)29-24-23(26)25(28-19-27-24)31-16-14-30(15-17-31)18-21-8-5-4-6-9-21/h4-6,8-13,19H,2-3,7,14-18,26H2,1H3,(H,27,28,29). The molecule has 162 valence electrons. The van der Waals surface area contributed by atoms with E-state index in [2.05, 4.69) is 86.6 Å². The third-order valence-corrected chi connectivity index (χ3v) is 5.82. The van der Waals surface area contributed by atoms with Gasteiger partial charge in [-0.15, -0.1) is 0 Å². The molecule has 6 nitrogen and oxygen atoms in total. The highest BCUT2D eigenvalue weighted by molar-refractivity contribution is 5.78. The minimum atomic E-state index is 0.606. The first-order chi connectivity index (χ1) is 15.2. The van der Waals surface area contributed by atoms with Crippen LogP contribution in [-0.4, -0.2) is 41.0 Å². The molecule has 0 atom stereocenters. The van der Waals surface area contributed by atoms with Gasteiger partial charge in [0.15, 0.2) is 11.6 Å². The average molecular weight is 417 g/mol. The van der Waals surface area contributed by atoms with Crippen molar-refractivity contribution in [2.75, 3.05) is 42.1 Å². The summed E-state index contributed by atoms with van der Waals surface area (Å²) in [7, 11) is 0. The Kier molecular flexibility index (Phi) is 6.99. The Balaban J connectivity index is 1.37. The predicted molar refractivity (Wildman–Crippen MR) is 129 cm³/mol. The number of anilines is 4. The van der Waals surface area contributed by atoms with Gasteiger partial charge in [0.2, 0.25) is 0 Å². The molecule has 1 aliphatic rings. The fourth-order valence-electron chi connectivity index (χ4n) is 3.97. The van der Waals surface area contributed by atoms with Crippen LogP contribution in [0.5, 0.6) is 0 Å². The Morgan fingerprint density at radius 2 is 1.65 bits per heavy atom. The fraction of sp³-hybridized carbons (Fsp3) is 0.360. The Hall–Kier alpha value is -3.12. The number of unbranched alkanes of at least 4 members (excludes halogenated alkanes) is 1. The van der Waals surface area contributed by atoms with Crippen molar-refractivity contribution in [3.63, 3.8) is 0 Å². The van der Waals surface area contributed by atoms with Crippen molar-refractivity contribution >= 4 is 23.0 Å². The molecule has 31 heavy (non-hydrogen) atoms. The normalized spacial score (nSPS) is 14.5. The first kappa shape index (κ1) is 21.1. The van der Waals surface area contributed by atoms with Gasteiger partial charge in [-0.25, -0.2) is 9.97 Å². The number of benzene rings is 2. The van der Waals surface area contributed by atoms with Crippen LogP contribution in [0, 0.1) is 0 Å². The number of rotatable bonds is 8. The summed E-state index contributed by atoms with van der Waals surface area (Å²) < 4.78 is 0. The smallest absolute Gasteiger partial charge is 0.159 e. The van der Waals surface area contributed by atoms with Gasteiger partial charge in [0.25, 0.3) is 0 Å². The molecule has 1 aliphatic heterocycles. The molecule has 1 aromatic heterocycles. The van der Waals surface area contributed by atoms with Crippen LogP contribution in [-0.2, 0) is 13.0 Å². The van der Waals surface area contributed by atoms with Gasteiger partial charge in [-0.05, 0) is 36.1 Å². The quantitative estimate of drug-likeness (QED) is 0.565. The van der Waals surface area contributed by atoms with Crippen molar-refractivity contribution in [1.82, 2.24) is 14.9 Å². The van der Waals surface area contributed by atoms with Gasteiger partial charge in [0, 0.05) is 38.4 Å². The maximum Gasteiger partial charge on any atom is 0.159 e. The van der Waals surface area contributed by atoms with Gasteiger partial charge >= 0.3 is 0 Å². The van der Waals surface area contributed by atoms with E-state index < -0.39 is 0 Å². The molecule has 1 fully saturated rings. The molecule has 2 aromatic carbocycles. The Bertz CT molecular complexity index is 950. The second kappa shape index (κ2) is 10.3. The molecule has 0 aliphatic carbocycles. The number of nitrogen functional groups attached to an aromatic ring is 1. The molecule has 0 unspecified atom stereocenters. The van der Waals surface area contributed by atoms with Crippen molar-refractivity contribution in [3.05, 3.63) is 72.1 Å². The number of aromatic nitrogens is 2. The summed E-state index contributed by atoms with van der Waals surface area (Å²) in [4.78, 5) is 13.6. The van der Waals surface area contributed by atoms with Gasteiger partial charge in [0.05, 0.1) is 0 Å². The van der Waals surface area contributed by atoms with E-state index in [0.29, 0.717) is 11.5 Å². The average Bonchev–Trinajstić information content (AvgIpc) is 2.81. The monoisotopic (exact) mass is 416 g/mol. The van der Waals surface area contributed by atoms with Crippen LogP contribution >= 0.6 is 0 Å². The van der Waals surface area contributed by atoms with Gasteiger partial charge in [-0.1, -0.05) is 55.8 Å². The number of hydrogen-bond acceptors (Lipinski definition) is 6. The highest BCUT2D eigenvalue weighted by Crippen LogP contribution is 2.29. The lowest BCUT2D eigenvalue weighted by Crippen LogP contribution is -2.46. The van der Waals surface area contributed by atoms with E-state index in [-0.39, 0.29) is 0 Å². The SMILES string of the molecule is CCCCc1ccc(Nc2ncnc(N3CCN(Cc4ccccc4)CC3)c2N)cc1. The topological polar surface area (TPSA) is 70.3 Å². The number of nitrogens with two attached hydrogens (primary N) is 1. The summed E-state index contributed by atoms with van der Waals surface area (Å²) in [5, 5.41) is 3.36. The van der Waals surface area contributed by atoms with Crippen LogP contribution in [0.4, 0.5) is 23.0 Å². The van der Waals surface area contributed by atoms with Crippen molar-refractivity contribution in [2.24, 2.45) is 0 Å². The largest absolute Gasteiger partial charge is 0.393 e. The van der Waals surface area contributed by atoms with Crippen LogP contribution in [0.15, 0.2) is 60.9 Å². The molecule has 0 radical (unpaired) electrons. The summed E-state index contributed by atoms with van der Waals surface area (Å²) >= 11 is 0. The Morgan fingerprint density at radius 1 is 0.903 bits per heavy atom. The number of nitrogens with zero attached hydrogens (tertiary/aromatic N) is 4. The molecule has 4 rings (SSSR count). The van der Waals surface area contributed by atoms with Gasteiger partial charge in [-0.2, -0.15) is 0 Å². The molecule has 6 heteroatoms. The zero-order valence-electron chi connectivity index (χ0n) is 18.3. The zero-order valence-corrected chi connectivity index (χ0v) is 18.3. The van der Waals surface area contributed by atoms with Crippen molar-refractivity contribution in [3.8, 4) is 0 Å². The predicted octanol–water partition coefficient (Wildman–Crippen LogP) is 4.47. The number of nitrogens with one attached hydrogen (secondary N) is 1. The van der Waals surface area contributed by atoms with E-state index in [1.165, 1.54) is 24.0 Å². The summed E-state index contributed by atoms with van der Waals surface area (Å²) in [6, 6.07) is 19.1. The molecule has 0 amide bonds. The summed E-state index contributed by atoms with van der Waals surface area (Å²) in [5.41, 5.74) is 10.8. The second-order valence-electron chi connectivity index (χ2n) is 8.13. The van der Waals surface area contributed by atoms with Crippen molar-refractivity contribution < 1.29 is 0 Å².